The summed E-state index contributed by atoms with van der Waals surface area (Å²) in [6.07, 6.45) is 0.994. The molecule has 83 valence electrons. The van der Waals surface area contributed by atoms with Crippen LogP contribution in [0.1, 0.15) is 13.8 Å². The first-order chi connectivity index (χ1) is 6.86. The number of nitrogens with zero attached hydrogens (tertiary/aromatic N) is 1. The summed E-state index contributed by atoms with van der Waals surface area (Å²) in [6.45, 7) is 10.0. The number of hydrogen-bond acceptors (Lipinski definition) is 4. The fourth-order valence-electron chi connectivity index (χ4n) is 1.51. The second-order valence-electron chi connectivity index (χ2n) is 3.26. The van der Waals surface area contributed by atoms with E-state index in [0.717, 1.165) is 45.6 Å². The third kappa shape index (κ3) is 4.52. The fourth-order valence-corrected chi connectivity index (χ4v) is 3.10. The van der Waals surface area contributed by atoms with Crippen molar-refractivity contribution < 1.29 is 8.85 Å². The minimum absolute atomic E-state index is 0.764. The van der Waals surface area contributed by atoms with Gasteiger partial charge in [0.15, 0.2) is 0 Å². The van der Waals surface area contributed by atoms with Crippen LogP contribution in [0, 0.1) is 0 Å². The molecular formula is C9H21N2O2Si. The molecule has 4 nitrogen and oxygen atoms in total. The minimum Gasteiger partial charge on any atom is -0.393 e. The third-order valence-corrected chi connectivity index (χ3v) is 4.10. The van der Waals surface area contributed by atoms with Crippen molar-refractivity contribution >= 4 is 9.28 Å². The highest BCUT2D eigenvalue weighted by Gasteiger charge is 2.20. The van der Waals surface area contributed by atoms with E-state index in [2.05, 4.69) is 10.2 Å². The van der Waals surface area contributed by atoms with Gasteiger partial charge in [0.05, 0.1) is 0 Å². The van der Waals surface area contributed by atoms with Crippen molar-refractivity contribution in [2.24, 2.45) is 0 Å². The van der Waals surface area contributed by atoms with E-state index in [4.69, 9.17) is 8.85 Å². The molecule has 1 rings (SSSR count). The molecule has 0 spiro atoms. The van der Waals surface area contributed by atoms with Gasteiger partial charge in [0.1, 0.15) is 0 Å². The molecule has 1 radical (unpaired) electrons. The van der Waals surface area contributed by atoms with Gasteiger partial charge in [-0.25, -0.2) is 0 Å². The molecule has 5 heteroatoms. The van der Waals surface area contributed by atoms with Gasteiger partial charge < -0.3 is 14.2 Å². The summed E-state index contributed by atoms with van der Waals surface area (Å²) in [5.74, 6) is 0. The van der Waals surface area contributed by atoms with Crippen LogP contribution < -0.4 is 5.32 Å². The SMILES string of the molecule is CCO[Si](CN1CCNCC1)OCC. The molecule has 1 aliphatic rings. The first-order valence-electron chi connectivity index (χ1n) is 5.41. The highest BCUT2D eigenvalue weighted by Crippen LogP contribution is 1.97. The minimum atomic E-state index is -1.05. The van der Waals surface area contributed by atoms with Gasteiger partial charge in [-0.3, -0.25) is 4.90 Å². The lowest BCUT2D eigenvalue weighted by atomic mass is 10.4. The maximum Gasteiger partial charge on any atom is 0.400 e. The van der Waals surface area contributed by atoms with Gasteiger partial charge >= 0.3 is 9.28 Å². The molecule has 0 amide bonds. The highest BCUT2D eigenvalue weighted by molar-refractivity contribution is 6.44. The summed E-state index contributed by atoms with van der Waals surface area (Å²) >= 11 is 0. The summed E-state index contributed by atoms with van der Waals surface area (Å²) in [4.78, 5) is 2.43. The van der Waals surface area contributed by atoms with Crippen molar-refractivity contribution in [2.75, 3.05) is 45.6 Å². The van der Waals surface area contributed by atoms with Crippen LogP contribution in [0.15, 0.2) is 0 Å². The zero-order chi connectivity index (χ0) is 10.2. The highest BCUT2D eigenvalue weighted by atomic mass is 28.3. The van der Waals surface area contributed by atoms with Crippen molar-refractivity contribution in [1.29, 1.82) is 0 Å². The van der Waals surface area contributed by atoms with E-state index >= 15 is 0 Å². The third-order valence-electron chi connectivity index (χ3n) is 2.17. The zero-order valence-corrected chi connectivity index (χ0v) is 10.2. The predicted molar refractivity (Wildman–Crippen MR) is 58.3 cm³/mol. The molecule has 1 aliphatic heterocycles. The molecule has 0 bridgehead atoms. The molecule has 0 atom stereocenters. The first-order valence-corrected chi connectivity index (χ1v) is 6.93. The van der Waals surface area contributed by atoms with Crippen LogP contribution in [0.4, 0.5) is 0 Å². The lowest BCUT2D eigenvalue weighted by Gasteiger charge is -2.28. The zero-order valence-electron chi connectivity index (χ0n) is 9.21. The van der Waals surface area contributed by atoms with Crippen LogP contribution in [0.25, 0.3) is 0 Å². The summed E-state index contributed by atoms with van der Waals surface area (Å²) in [6, 6.07) is 0. The Morgan fingerprint density at radius 1 is 1.14 bits per heavy atom. The van der Waals surface area contributed by atoms with Gasteiger partial charge in [0.25, 0.3) is 0 Å². The lowest BCUT2D eigenvalue weighted by molar-refractivity contribution is 0.180. The number of nitrogens with one attached hydrogen (secondary N) is 1. The molecule has 1 fully saturated rings. The number of piperazine rings is 1. The van der Waals surface area contributed by atoms with Crippen LogP contribution in [0.2, 0.25) is 0 Å². The van der Waals surface area contributed by atoms with Crippen molar-refractivity contribution in [1.82, 2.24) is 10.2 Å². The van der Waals surface area contributed by atoms with Gasteiger partial charge in [-0.05, 0) is 13.8 Å². The Morgan fingerprint density at radius 2 is 1.71 bits per heavy atom. The summed E-state index contributed by atoms with van der Waals surface area (Å²) in [7, 11) is -1.05. The first kappa shape index (κ1) is 12.1. The van der Waals surface area contributed by atoms with E-state index in [-0.39, 0.29) is 0 Å². The van der Waals surface area contributed by atoms with Crippen LogP contribution >= 0.6 is 0 Å². The molecule has 0 aromatic carbocycles. The summed E-state index contributed by atoms with van der Waals surface area (Å²) in [5, 5.41) is 3.34. The molecule has 1 saturated heterocycles. The largest absolute Gasteiger partial charge is 0.400 e. The standard InChI is InChI=1S/C9H21N2O2Si/c1-3-12-14(13-4-2)9-11-7-5-10-6-8-11/h10H,3-9H2,1-2H3. The molecule has 0 saturated carbocycles. The van der Waals surface area contributed by atoms with Crippen LogP contribution in [-0.2, 0) is 8.85 Å². The maximum absolute atomic E-state index is 5.60. The van der Waals surface area contributed by atoms with Crippen LogP contribution in [0.5, 0.6) is 0 Å². The van der Waals surface area contributed by atoms with E-state index in [9.17, 15) is 0 Å². The summed E-state index contributed by atoms with van der Waals surface area (Å²) in [5.41, 5.74) is 0. The molecule has 0 aromatic rings. The molecule has 0 aromatic heterocycles. The van der Waals surface area contributed by atoms with E-state index < -0.39 is 9.28 Å². The normalized spacial score (nSPS) is 19.1. The second kappa shape index (κ2) is 7.36. The molecule has 1 heterocycles. The summed E-state index contributed by atoms with van der Waals surface area (Å²) < 4.78 is 11.2. The fraction of sp³-hybridized carbons (Fsp3) is 1.00. The predicted octanol–water partition coefficient (Wildman–Crippen LogP) is -0.00800. The van der Waals surface area contributed by atoms with Gasteiger partial charge in [-0.15, -0.1) is 0 Å². The average molecular weight is 217 g/mol. The van der Waals surface area contributed by atoms with Crippen molar-refractivity contribution in [3.05, 3.63) is 0 Å². The van der Waals surface area contributed by atoms with Crippen molar-refractivity contribution in [2.45, 2.75) is 13.8 Å². The monoisotopic (exact) mass is 217 g/mol. The van der Waals surface area contributed by atoms with E-state index in [1.54, 1.807) is 0 Å². The average Bonchev–Trinajstić information content (AvgIpc) is 2.20. The van der Waals surface area contributed by atoms with E-state index in [1.807, 2.05) is 13.8 Å². The van der Waals surface area contributed by atoms with E-state index in [1.165, 1.54) is 0 Å². The quantitative estimate of drug-likeness (QED) is 0.635. The molecule has 0 aliphatic carbocycles. The Morgan fingerprint density at radius 3 is 2.21 bits per heavy atom. The Bertz CT molecular complexity index is 137. The van der Waals surface area contributed by atoms with Crippen molar-refractivity contribution in [3.63, 3.8) is 0 Å². The topological polar surface area (TPSA) is 33.7 Å². The second-order valence-corrected chi connectivity index (χ2v) is 4.90. The molecule has 1 N–H and O–H groups in total. The Kier molecular flexibility index (Phi) is 6.38. The van der Waals surface area contributed by atoms with Crippen LogP contribution in [-0.4, -0.2) is 59.7 Å². The lowest BCUT2D eigenvalue weighted by Crippen LogP contribution is -2.48. The Labute approximate surface area is 88.4 Å². The van der Waals surface area contributed by atoms with Gasteiger partial charge in [-0.2, -0.15) is 0 Å². The van der Waals surface area contributed by atoms with Crippen LogP contribution in [0.3, 0.4) is 0 Å². The van der Waals surface area contributed by atoms with Gasteiger partial charge in [-0.1, -0.05) is 0 Å². The number of rotatable bonds is 6. The van der Waals surface area contributed by atoms with Gasteiger partial charge in [0, 0.05) is 45.6 Å². The van der Waals surface area contributed by atoms with Gasteiger partial charge in [0.2, 0.25) is 0 Å². The molecular weight excluding hydrogens is 196 g/mol. The van der Waals surface area contributed by atoms with Crippen molar-refractivity contribution in [3.8, 4) is 0 Å². The Balaban J connectivity index is 2.21. The maximum atomic E-state index is 5.60. The number of hydrogen-bond donors (Lipinski definition) is 1. The van der Waals surface area contributed by atoms with E-state index in [0.29, 0.717) is 0 Å². The Hall–Kier alpha value is 0.0569. The molecule has 14 heavy (non-hydrogen) atoms. The smallest absolute Gasteiger partial charge is 0.393 e. The molecule has 0 unspecified atom stereocenters.